The van der Waals surface area contributed by atoms with Crippen LogP contribution < -0.4 is 0 Å². The molecule has 7 heteroatoms. The van der Waals surface area contributed by atoms with E-state index < -0.39 is 7.82 Å². The average Bonchev–Trinajstić information content (AvgIpc) is 1.61. The summed E-state index contributed by atoms with van der Waals surface area (Å²) < 4.78 is 8.88. The first-order chi connectivity index (χ1) is 4.27. The van der Waals surface area contributed by atoms with Crippen LogP contribution in [0.15, 0.2) is 0 Å². The fourth-order valence-electron chi connectivity index (χ4n) is 0. The molecule has 0 rings (SSSR count). The van der Waals surface area contributed by atoms with Crippen molar-refractivity contribution in [1.82, 2.24) is 0 Å². The number of rotatable bonds is 1. The molecule has 0 aromatic heterocycles. The second-order valence-corrected chi connectivity index (χ2v) is 2.40. The van der Waals surface area contributed by atoms with Crippen molar-refractivity contribution in [2.45, 2.75) is 6.92 Å². The van der Waals surface area contributed by atoms with Gasteiger partial charge in [0.15, 0.2) is 5.78 Å². The summed E-state index contributed by atoms with van der Waals surface area (Å²) in [6.45, 7) is 1.000. The second-order valence-electron chi connectivity index (χ2n) is 1.37. The van der Waals surface area contributed by atoms with Crippen molar-refractivity contribution < 1.29 is 29.1 Å². The van der Waals surface area contributed by atoms with Crippen LogP contribution in [0.1, 0.15) is 6.92 Å². The molecule has 0 aromatic rings. The normalized spacial score (nSPS) is 9.70. The Bertz CT molecular complexity index is 128. The highest BCUT2D eigenvalue weighted by Crippen LogP contribution is 2.25. The number of carbonyl (C=O) groups is 1. The van der Waals surface area contributed by atoms with E-state index in [0.717, 1.165) is 0 Å². The van der Waals surface area contributed by atoms with Gasteiger partial charge in [0.05, 0.1) is 0 Å². The maximum absolute atomic E-state index is 9.56. The summed E-state index contributed by atoms with van der Waals surface area (Å²) in [4.78, 5) is 31.1. The number of phosphoric acid groups is 1. The third-order valence-corrected chi connectivity index (χ3v) is 0.223. The number of aliphatic hydroxyl groups is 1. The third-order valence-electron chi connectivity index (χ3n) is 0.223. The molecule has 0 atom stereocenters. The van der Waals surface area contributed by atoms with E-state index in [1.165, 1.54) is 6.92 Å². The van der Waals surface area contributed by atoms with Gasteiger partial charge in [0.1, 0.15) is 6.61 Å². The van der Waals surface area contributed by atoms with E-state index in [0.29, 0.717) is 0 Å². The van der Waals surface area contributed by atoms with E-state index >= 15 is 0 Å². The zero-order valence-corrected chi connectivity index (χ0v) is 6.15. The fourth-order valence-corrected chi connectivity index (χ4v) is 0. The van der Waals surface area contributed by atoms with Crippen LogP contribution in [0.3, 0.4) is 0 Å². The Hall–Kier alpha value is -0.260. The smallest absolute Gasteiger partial charge is 0.389 e. The molecule has 0 unspecified atom stereocenters. The molecular weight excluding hydrogens is 163 g/mol. The first kappa shape index (κ1) is 12.4. The highest BCUT2D eigenvalue weighted by atomic mass is 31.2. The van der Waals surface area contributed by atoms with Crippen LogP contribution in [0.2, 0.25) is 0 Å². The third kappa shape index (κ3) is 116. The van der Waals surface area contributed by atoms with Gasteiger partial charge in [-0.15, -0.1) is 0 Å². The topological polar surface area (TPSA) is 115 Å². The Morgan fingerprint density at radius 1 is 1.40 bits per heavy atom. The molecule has 4 N–H and O–H groups in total. The van der Waals surface area contributed by atoms with Crippen LogP contribution >= 0.6 is 7.82 Å². The van der Waals surface area contributed by atoms with E-state index in [1.807, 2.05) is 0 Å². The van der Waals surface area contributed by atoms with Crippen molar-refractivity contribution in [3.8, 4) is 0 Å². The second kappa shape index (κ2) is 5.52. The lowest BCUT2D eigenvalue weighted by molar-refractivity contribution is -0.119. The Labute approximate surface area is 57.4 Å². The van der Waals surface area contributed by atoms with Crippen molar-refractivity contribution >= 4 is 13.6 Å². The monoisotopic (exact) mass is 172 g/mol. The molecule has 0 saturated heterocycles. The number of carbonyl (C=O) groups excluding carboxylic acids is 1. The zero-order valence-electron chi connectivity index (χ0n) is 5.26. The average molecular weight is 172 g/mol. The molecule has 6 nitrogen and oxygen atoms in total. The highest BCUT2D eigenvalue weighted by molar-refractivity contribution is 7.45. The van der Waals surface area contributed by atoms with Crippen molar-refractivity contribution in [2.75, 3.05) is 6.61 Å². The van der Waals surface area contributed by atoms with E-state index in [2.05, 4.69) is 0 Å². The Balaban J connectivity index is 0. The minimum Gasteiger partial charge on any atom is -0.389 e. The standard InChI is InChI=1S/C3H6O2.H3O4P/c1-3(5)2-4;1-5(2,3)4/h4H,2H2,1H3;(H3,1,2,3,4). The molecule has 0 aliphatic rings. The van der Waals surface area contributed by atoms with Crippen LogP contribution in [-0.4, -0.2) is 32.2 Å². The van der Waals surface area contributed by atoms with Crippen LogP contribution in [0.25, 0.3) is 0 Å². The lowest BCUT2D eigenvalue weighted by Crippen LogP contribution is -1.93. The lowest BCUT2D eigenvalue weighted by Gasteiger charge is -1.82. The van der Waals surface area contributed by atoms with E-state index in [1.54, 1.807) is 0 Å². The molecular formula is C3H9O6P. The fraction of sp³-hybridized carbons (Fsp3) is 0.667. The SMILES string of the molecule is CC(=O)CO.O=P(O)(O)O. The number of hydrogen-bond donors (Lipinski definition) is 4. The van der Waals surface area contributed by atoms with Gasteiger partial charge in [-0.25, -0.2) is 4.57 Å². The van der Waals surface area contributed by atoms with E-state index in [4.69, 9.17) is 24.4 Å². The zero-order chi connectivity index (χ0) is 8.78. The van der Waals surface area contributed by atoms with Crippen molar-refractivity contribution in [3.63, 3.8) is 0 Å². The summed E-state index contributed by atoms with van der Waals surface area (Å²) in [5.74, 6) is -0.190. The molecule has 62 valence electrons. The van der Waals surface area contributed by atoms with Crippen LogP contribution in [0.5, 0.6) is 0 Å². The van der Waals surface area contributed by atoms with Gasteiger partial charge >= 0.3 is 7.82 Å². The molecule has 0 aliphatic heterocycles. The van der Waals surface area contributed by atoms with Crippen molar-refractivity contribution in [1.29, 1.82) is 0 Å². The Morgan fingerprint density at radius 3 is 1.50 bits per heavy atom. The first-order valence-electron chi connectivity index (χ1n) is 2.16. The predicted octanol–water partition coefficient (Wildman–Crippen LogP) is -1.36. The molecule has 0 radical (unpaired) electrons. The van der Waals surface area contributed by atoms with Gasteiger partial charge in [0.2, 0.25) is 0 Å². The maximum Gasteiger partial charge on any atom is 0.466 e. The highest BCUT2D eigenvalue weighted by Gasteiger charge is 2.00. The summed E-state index contributed by atoms with van der Waals surface area (Å²) >= 11 is 0. The van der Waals surface area contributed by atoms with Gasteiger partial charge in [-0.2, -0.15) is 0 Å². The molecule has 0 aromatic carbocycles. The molecule has 0 amide bonds. The number of Topliss-reactive ketones (excluding diaryl/α,β-unsaturated/α-hetero) is 1. The molecule has 0 bridgehead atoms. The van der Waals surface area contributed by atoms with Gasteiger partial charge in [0, 0.05) is 0 Å². The molecule has 0 fully saturated rings. The van der Waals surface area contributed by atoms with Crippen molar-refractivity contribution in [2.24, 2.45) is 0 Å². The quantitative estimate of drug-likeness (QED) is 0.363. The number of aliphatic hydroxyl groups excluding tert-OH is 1. The van der Waals surface area contributed by atoms with Gasteiger partial charge in [-0.3, -0.25) is 4.79 Å². The predicted molar refractivity (Wildman–Crippen MR) is 32.0 cm³/mol. The largest absolute Gasteiger partial charge is 0.466 e. The first-order valence-corrected chi connectivity index (χ1v) is 3.72. The van der Waals surface area contributed by atoms with Crippen molar-refractivity contribution in [3.05, 3.63) is 0 Å². The lowest BCUT2D eigenvalue weighted by atomic mass is 10.5. The van der Waals surface area contributed by atoms with Gasteiger partial charge in [0.25, 0.3) is 0 Å². The summed E-state index contributed by atoms with van der Waals surface area (Å²) in [6.07, 6.45) is 0. The van der Waals surface area contributed by atoms with Crippen LogP contribution in [-0.2, 0) is 9.36 Å². The van der Waals surface area contributed by atoms with Gasteiger partial charge < -0.3 is 19.8 Å². The molecule has 0 heterocycles. The minimum atomic E-state index is -4.64. The minimum absolute atomic E-state index is 0.190. The van der Waals surface area contributed by atoms with Crippen LogP contribution in [0, 0.1) is 0 Å². The summed E-state index contributed by atoms with van der Waals surface area (Å²) in [5, 5.41) is 7.79. The van der Waals surface area contributed by atoms with Gasteiger partial charge in [-0.1, -0.05) is 0 Å². The Morgan fingerprint density at radius 2 is 1.50 bits per heavy atom. The van der Waals surface area contributed by atoms with Gasteiger partial charge in [-0.05, 0) is 6.92 Å². The molecule has 0 aliphatic carbocycles. The summed E-state index contributed by atoms with van der Waals surface area (Å²) in [6, 6.07) is 0. The van der Waals surface area contributed by atoms with E-state index in [9.17, 15) is 4.79 Å². The molecule has 0 spiro atoms. The summed E-state index contributed by atoms with van der Waals surface area (Å²) in [5.41, 5.74) is 0. The number of hydrogen-bond acceptors (Lipinski definition) is 3. The molecule has 0 saturated carbocycles. The Kier molecular flexibility index (Phi) is 6.85. The van der Waals surface area contributed by atoms with Crippen LogP contribution in [0.4, 0.5) is 0 Å². The molecule has 10 heavy (non-hydrogen) atoms. The number of ketones is 1. The summed E-state index contributed by atoms with van der Waals surface area (Å²) in [7, 11) is -4.64. The van der Waals surface area contributed by atoms with E-state index in [-0.39, 0.29) is 12.4 Å². The maximum atomic E-state index is 9.56.